The lowest BCUT2D eigenvalue weighted by Crippen LogP contribution is -2.50. The Morgan fingerprint density at radius 1 is 1.16 bits per heavy atom. The van der Waals surface area contributed by atoms with Crippen LogP contribution in [0.25, 0.3) is 5.78 Å². The number of nitrogens with zero attached hydrogens (tertiary/aromatic N) is 6. The zero-order valence-electron chi connectivity index (χ0n) is 14.3. The Morgan fingerprint density at radius 3 is 2.44 bits per heavy atom. The van der Waals surface area contributed by atoms with E-state index in [1.54, 1.807) is 4.90 Å². The van der Waals surface area contributed by atoms with Crippen LogP contribution in [0.1, 0.15) is 31.1 Å². The van der Waals surface area contributed by atoms with Crippen LogP contribution in [0.3, 0.4) is 0 Å². The molecule has 0 aliphatic carbocycles. The Bertz CT molecular complexity index is 804. The van der Waals surface area contributed by atoms with E-state index in [0.717, 1.165) is 0 Å². The average Bonchev–Trinajstić information content (AvgIpc) is 3.01. The van der Waals surface area contributed by atoms with Gasteiger partial charge >= 0.3 is 12.1 Å². The summed E-state index contributed by atoms with van der Waals surface area (Å²) in [4.78, 5) is 35.2. The molecule has 10 heteroatoms. The van der Waals surface area contributed by atoms with Crippen molar-refractivity contribution in [1.29, 1.82) is 0 Å². The maximum Gasteiger partial charge on any atom is 0.410 e. The van der Waals surface area contributed by atoms with Gasteiger partial charge in [0.2, 0.25) is 0 Å². The van der Waals surface area contributed by atoms with Crippen molar-refractivity contribution < 1.29 is 19.4 Å². The van der Waals surface area contributed by atoms with Crippen LogP contribution in [-0.4, -0.2) is 73.4 Å². The van der Waals surface area contributed by atoms with Gasteiger partial charge in [-0.1, -0.05) is 0 Å². The monoisotopic (exact) mass is 348 g/mol. The lowest BCUT2D eigenvalue weighted by Gasteiger charge is -2.36. The van der Waals surface area contributed by atoms with Crippen LogP contribution < -0.4 is 4.90 Å². The highest BCUT2D eigenvalue weighted by Crippen LogP contribution is 2.22. The van der Waals surface area contributed by atoms with Crippen molar-refractivity contribution in [2.24, 2.45) is 0 Å². The molecule has 10 nitrogen and oxygen atoms in total. The van der Waals surface area contributed by atoms with Crippen LogP contribution >= 0.6 is 0 Å². The largest absolute Gasteiger partial charge is 0.477 e. The first-order valence-electron chi connectivity index (χ1n) is 7.91. The fraction of sp³-hybridized carbons (Fsp3) is 0.533. The zero-order chi connectivity index (χ0) is 18.2. The van der Waals surface area contributed by atoms with E-state index >= 15 is 0 Å². The summed E-state index contributed by atoms with van der Waals surface area (Å²) in [5.41, 5.74) is -0.508. The van der Waals surface area contributed by atoms with Crippen LogP contribution in [-0.2, 0) is 4.74 Å². The quantitative estimate of drug-likeness (QED) is 0.851. The van der Waals surface area contributed by atoms with Crippen molar-refractivity contribution in [3.8, 4) is 0 Å². The first kappa shape index (κ1) is 16.9. The molecule has 134 valence electrons. The predicted octanol–water partition coefficient (Wildman–Crippen LogP) is 0.880. The number of aromatic carboxylic acids is 1. The minimum absolute atomic E-state index is 0.0451. The maximum absolute atomic E-state index is 12.2. The number of carboxylic acid groups (broad SMARTS) is 1. The number of hydrogen-bond donors (Lipinski definition) is 1. The summed E-state index contributed by atoms with van der Waals surface area (Å²) >= 11 is 0. The van der Waals surface area contributed by atoms with E-state index in [9.17, 15) is 14.7 Å². The first-order chi connectivity index (χ1) is 11.8. The first-order valence-corrected chi connectivity index (χ1v) is 7.91. The second-order valence-electron chi connectivity index (χ2n) is 6.73. The van der Waals surface area contributed by atoms with Crippen LogP contribution in [0, 0.1) is 0 Å². The fourth-order valence-corrected chi connectivity index (χ4v) is 2.65. The molecule has 0 unspecified atom stereocenters. The molecule has 1 fully saturated rings. The normalized spacial score (nSPS) is 15.5. The number of rotatable bonds is 2. The lowest BCUT2D eigenvalue weighted by molar-refractivity contribution is 0.0239. The molecule has 1 aliphatic heterocycles. The van der Waals surface area contributed by atoms with Crippen LogP contribution in [0.5, 0.6) is 0 Å². The van der Waals surface area contributed by atoms with Crippen molar-refractivity contribution >= 4 is 23.7 Å². The van der Waals surface area contributed by atoms with E-state index in [0.29, 0.717) is 37.8 Å². The van der Waals surface area contributed by atoms with Gasteiger partial charge in [0.1, 0.15) is 17.5 Å². The molecule has 0 radical (unpaired) electrons. The summed E-state index contributed by atoms with van der Waals surface area (Å²) in [7, 11) is 0. The molecule has 0 saturated carbocycles. The molecule has 25 heavy (non-hydrogen) atoms. The molecule has 1 amide bonds. The number of hydrogen-bond acceptors (Lipinski definition) is 7. The summed E-state index contributed by atoms with van der Waals surface area (Å²) in [6.45, 7) is 7.21. The van der Waals surface area contributed by atoms with Crippen LogP contribution in [0.15, 0.2) is 12.5 Å². The SMILES string of the molecule is CC(C)(C)OC(=O)N1CCN(c2c(C(=O)O)cnc3ncnn23)CC1. The Hall–Kier alpha value is -2.91. The minimum Gasteiger partial charge on any atom is -0.477 e. The molecule has 0 aromatic carbocycles. The second kappa shape index (κ2) is 6.19. The number of piperazine rings is 1. The molecule has 2 aromatic heterocycles. The summed E-state index contributed by atoms with van der Waals surface area (Å²) < 4.78 is 6.78. The molecular formula is C15H20N6O4. The van der Waals surface area contributed by atoms with Crippen molar-refractivity contribution in [1.82, 2.24) is 24.5 Å². The zero-order valence-corrected chi connectivity index (χ0v) is 14.3. The molecule has 0 spiro atoms. The number of amides is 1. The molecule has 1 aliphatic rings. The number of carbonyl (C=O) groups is 2. The summed E-state index contributed by atoms with van der Waals surface area (Å²) in [6, 6.07) is 0. The molecule has 3 rings (SSSR count). The fourth-order valence-electron chi connectivity index (χ4n) is 2.65. The number of fused-ring (bicyclic) bond motifs is 1. The summed E-state index contributed by atoms with van der Waals surface area (Å²) in [5.74, 6) is -0.345. The van der Waals surface area contributed by atoms with Crippen LogP contribution in [0.2, 0.25) is 0 Å². The number of carbonyl (C=O) groups excluding carboxylic acids is 1. The van der Waals surface area contributed by atoms with E-state index in [4.69, 9.17) is 4.74 Å². The van der Waals surface area contributed by atoms with Crippen molar-refractivity contribution in [2.75, 3.05) is 31.1 Å². The predicted molar refractivity (Wildman–Crippen MR) is 87.8 cm³/mol. The third-order valence-electron chi connectivity index (χ3n) is 3.74. The summed E-state index contributed by atoms with van der Waals surface area (Å²) in [5, 5.41) is 13.5. The summed E-state index contributed by atoms with van der Waals surface area (Å²) in [6.07, 6.45) is 2.24. The van der Waals surface area contributed by atoms with Gasteiger partial charge in [0, 0.05) is 32.4 Å². The molecule has 1 N–H and O–H groups in total. The molecular weight excluding hydrogens is 328 g/mol. The van der Waals surface area contributed by atoms with E-state index in [1.165, 1.54) is 17.0 Å². The van der Waals surface area contributed by atoms with Crippen molar-refractivity contribution in [3.05, 3.63) is 18.1 Å². The van der Waals surface area contributed by atoms with Crippen molar-refractivity contribution in [3.63, 3.8) is 0 Å². The second-order valence-corrected chi connectivity index (χ2v) is 6.73. The van der Waals surface area contributed by atoms with Gasteiger partial charge < -0.3 is 19.6 Å². The van der Waals surface area contributed by atoms with E-state index in [1.807, 2.05) is 25.7 Å². The maximum atomic E-state index is 12.2. The van der Waals surface area contributed by atoms with Gasteiger partial charge in [-0.15, -0.1) is 0 Å². The highest BCUT2D eigenvalue weighted by atomic mass is 16.6. The van der Waals surface area contributed by atoms with Gasteiger partial charge in [0.15, 0.2) is 5.82 Å². The van der Waals surface area contributed by atoms with Gasteiger partial charge in [-0.05, 0) is 20.8 Å². The van der Waals surface area contributed by atoms with Gasteiger partial charge in [-0.3, -0.25) is 0 Å². The highest BCUT2D eigenvalue weighted by Gasteiger charge is 2.29. The molecule has 0 atom stereocenters. The van der Waals surface area contributed by atoms with Gasteiger partial charge in [0.05, 0.1) is 0 Å². The van der Waals surface area contributed by atoms with Gasteiger partial charge in [0.25, 0.3) is 5.78 Å². The van der Waals surface area contributed by atoms with E-state index in [2.05, 4.69) is 15.1 Å². The minimum atomic E-state index is -1.09. The van der Waals surface area contributed by atoms with E-state index in [-0.39, 0.29) is 11.7 Å². The number of carboxylic acids is 1. The Balaban J connectivity index is 1.80. The van der Waals surface area contributed by atoms with E-state index < -0.39 is 11.6 Å². The Morgan fingerprint density at radius 2 is 1.84 bits per heavy atom. The topological polar surface area (TPSA) is 113 Å². The molecule has 3 heterocycles. The smallest absolute Gasteiger partial charge is 0.410 e. The number of aromatic nitrogens is 4. The third-order valence-corrected chi connectivity index (χ3v) is 3.74. The van der Waals surface area contributed by atoms with Gasteiger partial charge in [-0.2, -0.15) is 14.6 Å². The highest BCUT2D eigenvalue weighted by molar-refractivity contribution is 5.93. The van der Waals surface area contributed by atoms with Gasteiger partial charge in [-0.25, -0.2) is 14.6 Å². The standard InChI is InChI=1S/C15H20N6O4/c1-15(2,3)25-14(24)20-6-4-19(5-7-20)11-10(12(22)23)8-16-13-17-9-18-21(11)13/h8-9H,4-7H2,1-3H3,(H,22,23). The Labute approximate surface area is 144 Å². The average molecular weight is 348 g/mol. The molecule has 0 bridgehead atoms. The number of ether oxygens (including phenoxy) is 1. The third kappa shape index (κ3) is 3.47. The number of anilines is 1. The molecule has 1 saturated heterocycles. The molecule has 2 aromatic rings. The Kier molecular flexibility index (Phi) is 4.19. The lowest BCUT2D eigenvalue weighted by atomic mass is 10.2. The van der Waals surface area contributed by atoms with Crippen molar-refractivity contribution in [2.45, 2.75) is 26.4 Å². The van der Waals surface area contributed by atoms with Crippen LogP contribution in [0.4, 0.5) is 10.6 Å².